The Morgan fingerprint density at radius 2 is 0.551 bits per heavy atom. The average Bonchev–Trinajstić information content (AvgIpc) is 3.43. The molecule has 78 heavy (non-hydrogen) atoms. The second-order valence-electron chi connectivity index (χ2n) is 21.1. The third kappa shape index (κ3) is 32.4. The van der Waals surface area contributed by atoms with Crippen LogP contribution in [-0.2, 0) is 19.1 Å². The zero-order chi connectivity index (χ0) is 56.3. The molecule has 0 N–H and O–H groups in total. The smallest absolute Gasteiger partial charge is 0.346 e. The maximum Gasteiger partial charge on any atom is 0.346 e. The van der Waals surface area contributed by atoms with Crippen LogP contribution in [0.1, 0.15) is 253 Å². The summed E-state index contributed by atoms with van der Waals surface area (Å²) in [5, 5.41) is 0. The summed E-state index contributed by atoms with van der Waals surface area (Å²) in [6, 6.07) is 13.8. The van der Waals surface area contributed by atoms with Crippen LogP contribution < -0.4 is 18.9 Å². The molecule has 0 heterocycles. The highest BCUT2D eigenvalue weighted by Crippen LogP contribution is 2.25. The molecule has 0 radical (unpaired) electrons. The van der Waals surface area contributed by atoms with Crippen molar-refractivity contribution in [2.75, 3.05) is 26.4 Å². The van der Waals surface area contributed by atoms with E-state index in [0.29, 0.717) is 49.1 Å². The molecule has 0 aliphatic carbocycles. The highest BCUT2D eigenvalue weighted by molar-refractivity contribution is 5.92. The molecule has 3 aromatic rings. The summed E-state index contributed by atoms with van der Waals surface area (Å²) in [6.07, 6.45) is 40.8. The van der Waals surface area contributed by atoms with E-state index in [-0.39, 0.29) is 34.6 Å². The van der Waals surface area contributed by atoms with E-state index in [4.69, 9.17) is 28.4 Å². The molecular formula is C66H96F2O10. The predicted octanol–water partition coefficient (Wildman–Crippen LogP) is 18.7. The summed E-state index contributed by atoms with van der Waals surface area (Å²) in [6.45, 7) is 12.5. The molecule has 0 amide bonds. The quantitative estimate of drug-likeness (QED) is 0.0234. The summed E-state index contributed by atoms with van der Waals surface area (Å²) in [5.41, 5.74) is 0.432. The van der Waals surface area contributed by atoms with E-state index in [0.717, 1.165) is 64.2 Å². The standard InChI is InChI=1S/C66H96F2O10/c1-53(2)63(69)75-49-37-33-29-25-21-17-13-9-5-7-11-15-19-23-27-31-35-47-73-57-43-45-59(61(67)51-57)65(71)77-55-39-41-56(42-40-55)78-66(72)60-46-44-58(52-62(60)68)74-48-36-32-28-24-20-16-12-8-6-10-14-18-22-26-30-34-38-50-76-64(70)54(3)4/h39-46,51-52H,1,3,5-38,47-50H2,2,4H3. The van der Waals surface area contributed by atoms with Crippen LogP contribution in [-0.4, -0.2) is 50.3 Å². The maximum absolute atomic E-state index is 15.0. The number of hydrogen-bond donors (Lipinski definition) is 0. The monoisotopic (exact) mass is 1090 g/mol. The molecule has 0 unspecified atom stereocenters. The van der Waals surface area contributed by atoms with Gasteiger partial charge in [0.2, 0.25) is 0 Å². The van der Waals surface area contributed by atoms with Gasteiger partial charge < -0.3 is 28.4 Å². The van der Waals surface area contributed by atoms with Gasteiger partial charge in [-0.1, -0.05) is 206 Å². The number of carbonyl (C=O) groups excluding carboxylic acids is 4. The van der Waals surface area contributed by atoms with E-state index >= 15 is 0 Å². The van der Waals surface area contributed by atoms with E-state index in [1.54, 1.807) is 26.0 Å². The first-order valence-corrected chi connectivity index (χ1v) is 30.0. The number of esters is 4. The second-order valence-corrected chi connectivity index (χ2v) is 21.1. The molecule has 0 saturated heterocycles. The number of carbonyl (C=O) groups is 4. The fourth-order valence-electron chi connectivity index (χ4n) is 9.07. The van der Waals surface area contributed by atoms with E-state index in [1.165, 1.54) is 203 Å². The lowest BCUT2D eigenvalue weighted by Crippen LogP contribution is -2.12. The molecule has 0 saturated carbocycles. The first-order valence-electron chi connectivity index (χ1n) is 30.0. The van der Waals surface area contributed by atoms with Gasteiger partial charge in [-0.25, -0.2) is 28.0 Å². The third-order valence-electron chi connectivity index (χ3n) is 13.8. The number of unbranched alkanes of at least 4 members (excludes halogenated alkanes) is 32. The normalized spacial score (nSPS) is 11.0. The van der Waals surface area contributed by atoms with Gasteiger partial charge in [-0.2, -0.15) is 0 Å². The number of ether oxygens (including phenoxy) is 6. The van der Waals surface area contributed by atoms with Gasteiger partial charge in [0.05, 0.1) is 37.6 Å². The summed E-state index contributed by atoms with van der Waals surface area (Å²) in [4.78, 5) is 48.4. The van der Waals surface area contributed by atoms with Gasteiger partial charge in [-0.15, -0.1) is 0 Å². The van der Waals surface area contributed by atoms with Gasteiger partial charge >= 0.3 is 23.9 Å². The first-order chi connectivity index (χ1) is 37.9. The molecule has 3 rings (SSSR count). The van der Waals surface area contributed by atoms with Crippen molar-refractivity contribution >= 4 is 23.9 Å². The summed E-state index contributed by atoms with van der Waals surface area (Å²) in [7, 11) is 0. The Labute approximate surface area is 467 Å². The SMILES string of the molecule is C=C(C)C(=O)OCCCCCCCCCCCCCCCCCCCOc1ccc(C(=O)Oc2ccc(OC(=O)c3ccc(OCCCCCCCCCCCCCCCCCCCOC(=O)C(=C)C)cc3F)cc2)c(F)c1. The van der Waals surface area contributed by atoms with Crippen molar-refractivity contribution in [1.82, 2.24) is 0 Å². The van der Waals surface area contributed by atoms with Crippen LogP contribution in [0.15, 0.2) is 85.0 Å². The summed E-state index contributed by atoms with van der Waals surface area (Å²) < 4.78 is 62.4. The average molecular weight is 1090 g/mol. The summed E-state index contributed by atoms with van der Waals surface area (Å²) >= 11 is 0. The maximum atomic E-state index is 15.0. The van der Waals surface area contributed by atoms with E-state index in [1.807, 2.05) is 0 Å². The van der Waals surface area contributed by atoms with Crippen LogP contribution in [0.3, 0.4) is 0 Å². The van der Waals surface area contributed by atoms with Crippen molar-refractivity contribution in [2.24, 2.45) is 0 Å². The largest absolute Gasteiger partial charge is 0.493 e. The first kappa shape index (κ1) is 66.8. The molecule has 0 spiro atoms. The van der Waals surface area contributed by atoms with E-state index in [9.17, 15) is 28.0 Å². The minimum atomic E-state index is -0.887. The molecule has 0 fully saturated rings. The number of rotatable bonds is 48. The lowest BCUT2D eigenvalue weighted by atomic mass is 10.0. The van der Waals surface area contributed by atoms with Crippen LogP contribution >= 0.6 is 0 Å². The highest BCUT2D eigenvalue weighted by Gasteiger charge is 2.18. The Hall–Kier alpha value is -5.52. The fourth-order valence-corrected chi connectivity index (χ4v) is 9.07. The van der Waals surface area contributed by atoms with Crippen LogP contribution in [0.25, 0.3) is 0 Å². The Balaban J connectivity index is 1.14. The molecule has 10 nitrogen and oxygen atoms in total. The number of halogens is 2. The zero-order valence-electron chi connectivity index (χ0n) is 47.9. The summed E-state index contributed by atoms with van der Waals surface area (Å²) in [5.74, 6) is -2.95. The minimum absolute atomic E-state index is 0.113. The van der Waals surface area contributed by atoms with Gasteiger partial charge in [0.1, 0.15) is 34.6 Å². The fraction of sp³-hybridized carbons (Fsp3) is 0.606. The zero-order valence-corrected chi connectivity index (χ0v) is 47.9. The van der Waals surface area contributed by atoms with Gasteiger partial charge in [0.25, 0.3) is 0 Å². The Bertz CT molecular complexity index is 2000. The van der Waals surface area contributed by atoms with Crippen LogP contribution in [0, 0.1) is 11.6 Å². The molecule has 0 bridgehead atoms. The predicted molar refractivity (Wildman–Crippen MR) is 309 cm³/mol. The molecule has 0 aliphatic heterocycles. The molecule has 0 aromatic heterocycles. The minimum Gasteiger partial charge on any atom is -0.493 e. The lowest BCUT2D eigenvalue weighted by Gasteiger charge is -2.10. The van der Waals surface area contributed by atoms with Crippen molar-refractivity contribution < 1.29 is 56.4 Å². The van der Waals surface area contributed by atoms with Crippen LogP contribution in [0.4, 0.5) is 8.78 Å². The van der Waals surface area contributed by atoms with Crippen LogP contribution in [0.2, 0.25) is 0 Å². The number of benzene rings is 3. The number of hydrogen-bond acceptors (Lipinski definition) is 10. The van der Waals surface area contributed by atoms with Crippen LogP contribution in [0.5, 0.6) is 23.0 Å². The Morgan fingerprint density at radius 1 is 0.333 bits per heavy atom. The molecule has 3 aromatic carbocycles. The van der Waals surface area contributed by atoms with Gasteiger partial charge in [0.15, 0.2) is 0 Å². The Kier molecular flexibility index (Phi) is 37.1. The highest BCUT2D eigenvalue weighted by atomic mass is 19.1. The van der Waals surface area contributed by atoms with Crippen molar-refractivity contribution in [3.8, 4) is 23.0 Å². The third-order valence-corrected chi connectivity index (χ3v) is 13.8. The Morgan fingerprint density at radius 3 is 0.782 bits per heavy atom. The van der Waals surface area contributed by atoms with Crippen molar-refractivity contribution in [3.05, 3.63) is 108 Å². The lowest BCUT2D eigenvalue weighted by molar-refractivity contribution is -0.139. The van der Waals surface area contributed by atoms with Crippen molar-refractivity contribution in [1.29, 1.82) is 0 Å². The molecular weight excluding hydrogens is 991 g/mol. The molecule has 0 aliphatic rings. The van der Waals surface area contributed by atoms with Crippen molar-refractivity contribution in [2.45, 2.75) is 232 Å². The van der Waals surface area contributed by atoms with Gasteiger partial charge in [-0.05, 0) is 88.1 Å². The second kappa shape index (κ2) is 43.4. The van der Waals surface area contributed by atoms with E-state index < -0.39 is 23.6 Å². The molecule has 0 atom stereocenters. The molecule has 12 heteroatoms. The van der Waals surface area contributed by atoms with Gasteiger partial charge in [0, 0.05) is 23.3 Å². The molecule has 434 valence electrons. The van der Waals surface area contributed by atoms with Crippen molar-refractivity contribution in [3.63, 3.8) is 0 Å². The van der Waals surface area contributed by atoms with Gasteiger partial charge in [-0.3, -0.25) is 0 Å². The van der Waals surface area contributed by atoms with E-state index in [2.05, 4.69) is 13.2 Å². The topological polar surface area (TPSA) is 124 Å².